The maximum atomic E-state index is 11.0. The van der Waals surface area contributed by atoms with Crippen LogP contribution in [0.2, 0.25) is 0 Å². The molecular formula is C6H6ClNO4S. The summed E-state index contributed by atoms with van der Waals surface area (Å²) in [5.41, 5.74) is -1.46. The van der Waals surface area contributed by atoms with Crippen molar-refractivity contribution in [1.29, 1.82) is 0 Å². The fourth-order valence-electron chi connectivity index (χ4n) is 0.769. The number of hydrogen-bond acceptors (Lipinski definition) is 3. The molecule has 5 nitrogen and oxygen atoms in total. The molecule has 0 radical (unpaired) electrons. The zero-order valence-corrected chi connectivity index (χ0v) is 7.63. The van der Waals surface area contributed by atoms with E-state index in [1.165, 1.54) is 0 Å². The molecule has 0 bridgehead atoms. The average molecular weight is 227 g/mol. The minimum Gasteiger partial charge on any atom is -0.478 e. The van der Waals surface area contributed by atoms with Gasteiger partial charge in [0, 0.05) is 26.7 Å². The number of carboxylic acids is 1. The van der Waals surface area contributed by atoms with Crippen molar-refractivity contribution in [3.63, 3.8) is 0 Å². The molecule has 0 saturated carbocycles. The van der Waals surface area contributed by atoms with Gasteiger partial charge in [-0.1, -0.05) is 0 Å². The molecule has 0 aliphatic heterocycles. The Kier molecular flexibility index (Phi) is 1.51. The summed E-state index contributed by atoms with van der Waals surface area (Å²) >= 11 is 0. The van der Waals surface area contributed by atoms with Crippen molar-refractivity contribution in [2.75, 3.05) is 0 Å². The van der Waals surface area contributed by atoms with E-state index in [1.54, 1.807) is 0 Å². The average Bonchev–Trinajstić information content (AvgIpc) is 2.43. The van der Waals surface area contributed by atoms with Gasteiger partial charge in [-0.15, -0.1) is 0 Å². The van der Waals surface area contributed by atoms with E-state index in [0.717, 1.165) is 12.3 Å². The standard InChI is InChI=1S/C6H6ClNO4S/c1-4-5(6(9)10)2-3-8(4)13(7,11)12/h2-3H,1H3,(H,9,10)/i1D3. The van der Waals surface area contributed by atoms with Gasteiger partial charge in [-0.3, -0.25) is 0 Å². The highest BCUT2D eigenvalue weighted by Gasteiger charge is 2.17. The topological polar surface area (TPSA) is 76.4 Å². The Morgan fingerprint density at radius 1 is 1.77 bits per heavy atom. The predicted octanol–water partition coefficient (Wildman–Crippen LogP) is 0.826. The van der Waals surface area contributed by atoms with Gasteiger partial charge in [-0.25, -0.2) is 8.77 Å². The van der Waals surface area contributed by atoms with Crippen LogP contribution in [0.15, 0.2) is 12.3 Å². The van der Waals surface area contributed by atoms with Gasteiger partial charge in [0.15, 0.2) is 0 Å². The van der Waals surface area contributed by atoms with E-state index in [-0.39, 0.29) is 3.97 Å². The number of hydrogen-bond donors (Lipinski definition) is 1. The van der Waals surface area contributed by atoms with Crippen LogP contribution in [0.1, 0.15) is 20.2 Å². The van der Waals surface area contributed by atoms with Gasteiger partial charge in [0.05, 0.1) is 5.56 Å². The van der Waals surface area contributed by atoms with Crippen LogP contribution in [0, 0.1) is 6.85 Å². The van der Waals surface area contributed by atoms with Crippen molar-refractivity contribution in [2.24, 2.45) is 0 Å². The van der Waals surface area contributed by atoms with E-state index >= 15 is 0 Å². The first kappa shape index (κ1) is 6.44. The summed E-state index contributed by atoms with van der Waals surface area (Å²) in [5, 5.41) is 8.71. The summed E-state index contributed by atoms with van der Waals surface area (Å²) < 4.78 is 43.5. The fourth-order valence-corrected chi connectivity index (χ4v) is 1.64. The molecule has 0 saturated heterocycles. The summed E-state index contributed by atoms with van der Waals surface area (Å²) in [5.74, 6) is -1.54. The Morgan fingerprint density at radius 2 is 2.38 bits per heavy atom. The first-order chi connectivity index (χ1) is 7.05. The minimum absolute atomic E-state index is 0.227. The van der Waals surface area contributed by atoms with Gasteiger partial charge in [0.25, 0.3) is 0 Å². The van der Waals surface area contributed by atoms with E-state index in [2.05, 4.69) is 0 Å². The summed E-state index contributed by atoms with van der Waals surface area (Å²) in [6, 6.07) is 0.865. The summed E-state index contributed by atoms with van der Waals surface area (Å²) in [6.45, 7) is -2.89. The highest BCUT2D eigenvalue weighted by molar-refractivity contribution is 8.12. The zero-order chi connectivity index (χ0) is 12.7. The van der Waals surface area contributed by atoms with Crippen molar-refractivity contribution in [1.82, 2.24) is 3.97 Å². The van der Waals surface area contributed by atoms with Crippen molar-refractivity contribution in [2.45, 2.75) is 6.85 Å². The molecule has 7 heteroatoms. The second-order valence-corrected chi connectivity index (χ2v) is 4.51. The van der Waals surface area contributed by atoms with Crippen LogP contribution < -0.4 is 0 Å². The lowest BCUT2D eigenvalue weighted by Gasteiger charge is -1.99. The number of nitrogens with zero attached hydrogens (tertiary/aromatic N) is 1. The van der Waals surface area contributed by atoms with Crippen molar-refractivity contribution in [3.8, 4) is 0 Å². The van der Waals surface area contributed by atoms with E-state index in [4.69, 9.17) is 19.9 Å². The lowest BCUT2D eigenvalue weighted by atomic mass is 10.3. The van der Waals surface area contributed by atoms with E-state index in [9.17, 15) is 13.2 Å². The highest BCUT2D eigenvalue weighted by Crippen LogP contribution is 2.14. The third kappa shape index (κ3) is 1.84. The molecule has 0 spiro atoms. The molecule has 13 heavy (non-hydrogen) atoms. The monoisotopic (exact) mass is 226 g/mol. The third-order valence-corrected chi connectivity index (χ3v) is 2.54. The maximum absolute atomic E-state index is 11.0. The van der Waals surface area contributed by atoms with Crippen LogP contribution in [-0.2, 0) is 9.24 Å². The van der Waals surface area contributed by atoms with Gasteiger partial charge >= 0.3 is 15.2 Å². The quantitative estimate of drug-likeness (QED) is 0.758. The van der Waals surface area contributed by atoms with E-state index in [1.807, 2.05) is 0 Å². The Balaban J connectivity index is 3.63. The fraction of sp³-hybridized carbons (Fsp3) is 0.167. The summed E-state index contributed by atoms with van der Waals surface area (Å²) in [7, 11) is 0.616. The van der Waals surface area contributed by atoms with Crippen molar-refractivity contribution >= 4 is 25.9 Å². The SMILES string of the molecule is [2H]C([2H])([2H])c1c(C(=O)O)ccn1S(=O)(=O)Cl. The van der Waals surface area contributed by atoms with Crippen LogP contribution in [0.5, 0.6) is 0 Å². The van der Waals surface area contributed by atoms with Crippen LogP contribution in [0.25, 0.3) is 0 Å². The molecule has 0 fully saturated rings. The first-order valence-corrected chi connectivity index (χ1v) is 5.22. The minimum atomic E-state index is -4.36. The largest absolute Gasteiger partial charge is 0.478 e. The normalized spacial score (nSPS) is 15.9. The van der Waals surface area contributed by atoms with Gasteiger partial charge in [0.2, 0.25) is 0 Å². The van der Waals surface area contributed by atoms with Gasteiger partial charge < -0.3 is 5.11 Å². The number of halogens is 1. The van der Waals surface area contributed by atoms with Gasteiger partial charge in [-0.2, -0.15) is 8.42 Å². The van der Waals surface area contributed by atoms with Crippen LogP contribution in [0.3, 0.4) is 0 Å². The molecule has 0 unspecified atom stereocenters. The third-order valence-electron chi connectivity index (χ3n) is 1.32. The summed E-state index contributed by atoms with van der Waals surface area (Å²) in [6.07, 6.45) is 0.785. The second-order valence-electron chi connectivity index (χ2n) is 2.12. The maximum Gasteiger partial charge on any atom is 0.337 e. The predicted molar refractivity (Wildman–Crippen MR) is 46.3 cm³/mol. The van der Waals surface area contributed by atoms with Gasteiger partial charge in [0.1, 0.15) is 0 Å². The van der Waals surface area contributed by atoms with Crippen molar-refractivity contribution in [3.05, 3.63) is 23.5 Å². The number of rotatable bonds is 2. The number of carbonyl (C=O) groups is 1. The molecule has 1 heterocycles. The number of aromatic carboxylic acids is 1. The Labute approximate surface area is 83.3 Å². The second kappa shape index (κ2) is 3.04. The highest BCUT2D eigenvalue weighted by atomic mass is 35.7. The number of carboxylic acid groups (broad SMARTS) is 1. The molecule has 0 atom stereocenters. The molecular weight excluding hydrogens is 218 g/mol. The smallest absolute Gasteiger partial charge is 0.337 e. The number of aromatic nitrogens is 1. The molecule has 0 amide bonds. The Bertz CT molecular complexity index is 532. The zero-order valence-electron chi connectivity index (χ0n) is 9.06. The molecule has 0 aromatic carbocycles. The molecule has 0 aliphatic rings. The lowest BCUT2D eigenvalue weighted by Crippen LogP contribution is -2.07. The molecule has 1 aromatic heterocycles. The molecule has 0 aliphatic carbocycles. The first-order valence-electron chi connectivity index (χ1n) is 4.45. The Hall–Kier alpha value is -1.01. The van der Waals surface area contributed by atoms with E-state index < -0.39 is 33.3 Å². The summed E-state index contributed by atoms with van der Waals surface area (Å²) in [4.78, 5) is 10.7. The van der Waals surface area contributed by atoms with Crippen molar-refractivity contribution < 1.29 is 22.4 Å². The lowest BCUT2D eigenvalue weighted by molar-refractivity contribution is 0.0696. The van der Waals surface area contributed by atoms with Crippen LogP contribution in [0.4, 0.5) is 0 Å². The molecule has 1 rings (SSSR count). The van der Waals surface area contributed by atoms with Gasteiger partial charge in [-0.05, 0) is 12.9 Å². The van der Waals surface area contributed by atoms with Crippen LogP contribution >= 0.6 is 10.7 Å². The Morgan fingerprint density at radius 3 is 2.77 bits per heavy atom. The van der Waals surface area contributed by atoms with Crippen LogP contribution in [-0.4, -0.2) is 23.5 Å². The molecule has 72 valence electrons. The molecule has 1 aromatic rings. The van der Waals surface area contributed by atoms with E-state index in [0.29, 0.717) is 0 Å². The molecule has 1 N–H and O–H groups in total.